The highest BCUT2D eigenvalue weighted by Gasteiger charge is 2.17. The molecule has 25 heavy (non-hydrogen) atoms. The molecular weight excluding hydrogens is 358 g/mol. The zero-order chi connectivity index (χ0) is 18.1. The minimum atomic E-state index is -0.311. The predicted octanol–water partition coefficient (Wildman–Crippen LogP) is 3.71. The van der Waals surface area contributed by atoms with Crippen molar-refractivity contribution in [3.63, 3.8) is 0 Å². The highest BCUT2D eigenvalue weighted by atomic mass is 35.5. The molecule has 2 aromatic rings. The van der Waals surface area contributed by atoms with E-state index in [4.69, 9.17) is 11.6 Å². The van der Waals surface area contributed by atoms with Crippen LogP contribution >= 0.6 is 22.9 Å². The summed E-state index contributed by atoms with van der Waals surface area (Å²) in [7, 11) is 0. The number of nitrogens with one attached hydrogen (secondary N) is 3. The van der Waals surface area contributed by atoms with Crippen LogP contribution in [0.15, 0.2) is 41.1 Å². The molecule has 2 rings (SSSR count). The average Bonchev–Trinajstić information content (AvgIpc) is 3.13. The number of hydrogen-bond donors (Lipinski definition) is 3. The molecule has 3 N–H and O–H groups in total. The minimum absolute atomic E-state index is 0.0609. The van der Waals surface area contributed by atoms with E-state index in [0.717, 1.165) is 17.5 Å². The van der Waals surface area contributed by atoms with Crippen molar-refractivity contribution in [2.24, 2.45) is 0 Å². The third kappa shape index (κ3) is 6.40. The maximum absolute atomic E-state index is 12.2. The van der Waals surface area contributed by atoms with Crippen LogP contribution < -0.4 is 16.0 Å². The molecule has 1 aromatic carbocycles. The molecule has 1 atom stereocenters. The third-order valence-electron chi connectivity index (χ3n) is 3.57. The van der Waals surface area contributed by atoms with E-state index in [1.54, 1.807) is 23.5 Å². The Labute approximate surface area is 156 Å². The fourth-order valence-electron chi connectivity index (χ4n) is 2.28. The fraction of sp³-hybridized carbons (Fsp3) is 0.333. The van der Waals surface area contributed by atoms with E-state index < -0.39 is 0 Å². The average molecular weight is 380 g/mol. The van der Waals surface area contributed by atoms with E-state index >= 15 is 0 Å². The van der Waals surface area contributed by atoms with Crippen molar-refractivity contribution < 1.29 is 9.59 Å². The van der Waals surface area contributed by atoms with Crippen molar-refractivity contribution in [2.45, 2.75) is 25.8 Å². The highest BCUT2D eigenvalue weighted by molar-refractivity contribution is 7.08. The standard InChI is InChI=1S/C18H22ClN3O2S/c1-2-9-20-16(23)7-10-21-18(24)22-17(14-8-11-25-12-14)13-3-5-15(19)6-4-13/h3-6,8,11-12,17H,2,7,9-10H2,1H3,(H,20,23)(H2,21,22,24). The normalized spacial score (nSPS) is 11.6. The monoisotopic (exact) mass is 379 g/mol. The van der Waals surface area contributed by atoms with Crippen LogP contribution in [-0.4, -0.2) is 25.0 Å². The summed E-state index contributed by atoms with van der Waals surface area (Å²) in [4.78, 5) is 23.8. The highest BCUT2D eigenvalue weighted by Crippen LogP contribution is 2.25. The van der Waals surface area contributed by atoms with Crippen LogP contribution in [0.2, 0.25) is 5.02 Å². The Kier molecular flexibility index (Phi) is 7.76. The molecule has 0 aliphatic heterocycles. The number of hydrogen-bond acceptors (Lipinski definition) is 3. The number of halogens is 1. The molecule has 134 valence electrons. The Morgan fingerprint density at radius 3 is 2.48 bits per heavy atom. The van der Waals surface area contributed by atoms with Gasteiger partial charge in [-0.2, -0.15) is 11.3 Å². The van der Waals surface area contributed by atoms with Gasteiger partial charge in [-0.1, -0.05) is 30.7 Å². The van der Waals surface area contributed by atoms with Gasteiger partial charge in [0.05, 0.1) is 6.04 Å². The van der Waals surface area contributed by atoms with Gasteiger partial charge in [0.15, 0.2) is 0 Å². The van der Waals surface area contributed by atoms with Crippen LogP contribution in [0.3, 0.4) is 0 Å². The molecule has 0 bridgehead atoms. The van der Waals surface area contributed by atoms with Gasteiger partial charge < -0.3 is 16.0 Å². The van der Waals surface area contributed by atoms with Crippen molar-refractivity contribution in [3.05, 3.63) is 57.2 Å². The second kappa shape index (κ2) is 10.1. The molecule has 0 saturated heterocycles. The lowest BCUT2D eigenvalue weighted by molar-refractivity contribution is -0.120. The first-order valence-electron chi connectivity index (χ1n) is 8.18. The summed E-state index contributed by atoms with van der Waals surface area (Å²) in [6, 6.07) is 8.78. The Balaban J connectivity index is 1.92. The van der Waals surface area contributed by atoms with Gasteiger partial charge in [0, 0.05) is 24.5 Å². The molecule has 0 radical (unpaired) electrons. The van der Waals surface area contributed by atoms with Gasteiger partial charge in [-0.25, -0.2) is 4.79 Å². The summed E-state index contributed by atoms with van der Waals surface area (Å²) < 4.78 is 0. The summed E-state index contributed by atoms with van der Waals surface area (Å²) >= 11 is 7.52. The first kappa shape index (κ1) is 19.3. The van der Waals surface area contributed by atoms with E-state index in [2.05, 4.69) is 16.0 Å². The first-order chi connectivity index (χ1) is 12.1. The topological polar surface area (TPSA) is 70.2 Å². The van der Waals surface area contributed by atoms with Crippen LogP contribution in [0, 0.1) is 0 Å². The smallest absolute Gasteiger partial charge is 0.315 e. The molecule has 0 fully saturated rings. The second-order valence-corrected chi connectivity index (χ2v) is 6.76. The number of amides is 3. The van der Waals surface area contributed by atoms with Crippen molar-refractivity contribution in [1.29, 1.82) is 0 Å². The molecule has 0 spiro atoms. The molecule has 1 unspecified atom stereocenters. The number of benzene rings is 1. The lowest BCUT2D eigenvalue weighted by Gasteiger charge is -2.19. The summed E-state index contributed by atoms with van der Waals surface area (Å²) in [6.45, 7) is 2.94. The van der Waals surface area contributed by atoms with Gasteiger partial charge in [0.25, 0.3) is 0 Å². The number of urea groups is 1. The van der Waals surface area contributed by atoms with Gasteiger partial charge in [-0.15, -0.1) is 0 Å². The van der Waals surface area contributed by atoms with Crippen molar-refractivity contribution >= 4 is 34.9 Å². The van der Waals surface area contributed by atoms with E-state index in [1.807, 2.05) is 35.9 Å². The molecule has 0 aliphatic carbocycles. The third-order valence-corrected chi connectivity index (χ3v) is 4.52. The summed E-state index contributed by atoms with van der Waals surface area (Å²) in [5.74, 6) is -0.0609. The number of rotatable bonds is 8. The molecular formula is C18H22ClN3O2S. The van der Waals surface area contributed by atoms with Gasteiger partial charge in [-0.3, -0.25) is 4.79 Å². The Hall–Kier alpha value is -2.05. The van der Waals surface area contributed by atoms with E-state index in [1.165, 1.54) is 0 Å². The van der Waals surface area contributed by atoms with Crippen LogP contribution in [0.1, 0.15) is 36.9 Å². The lowest BCUT2D eigenvalue weighted by Crippen LogP contribution is -2.40. The predicted molar refractivity (Wildman–Crippen MR) is 102 cm³/mol. The lowest BCUT2D eigenvalue weighted by atomic mass is 10.0. The number of thiophene rings is 1. The molecule has 0 aliphatic rings. The van der Waals surface area contributed by atoms with Crippen LogP contribution in [0.4, 0.5) is 4.79 Å². The number of carbonyl (C=O) groups is 2. The molecule has 7 heteroatoms. The summed E-state index contributed by atoms with van der Waals surface area (Å²) in [6.07, 6.45) is 1.15. The SMILES string of the molecule is CCCNC(=O)CCNC(=O)NC(c1ccc(Cl)cc1)c1ccsc1. The van der Waals surface area contributed by atoms with Crippen molar-refractivity contribution in [1.82, 2.24) is 16.0 Å². The minimum Gasteiger partial charge on any atom is -0.356 e. The second-order valence-electron chi connectivity index (χ2n) is 5.54. The Morgan fingerprint density at radius 2 is 1.84 bits per heavy atom. The quantitative estimate of drug-likeness (QED) is 0.654. The van der Waals surface area contributed by atoms with Crippen molar-refractivity contribution in [3.8, 4) is 0 Å². The molecule has 0 saturated carbocycles. The molecule has 1 aromatic heterocycles. The van der Waals surface area contributed by atoms with Crippen LogP contribution in [-0.2, 0) is 4.79 Å². The van der Waals surface area contributed by atoms with Gasteiger partial charge >= 0.3 is 6.03 Å². The van der Waals surface area contributed by atoms with E-state index in [9.17, 15) is 9.59 Å². The van der Waals surface area contributed by atoms with Crippen molar-refractivity contribution in [2.75, 3.05) is 13.1 Å². The van der Waals surface area contributed by atoms with Crippen LogP contribution in [0.25, 0.3) is 0 Å². The molecule has 5 nitrogen and oxygen atoms in total. The zero-order valence-electron chi connectivity index (χ0n) is 14.0. The zero-order valence-corrected chi connectivity index (χ0v) is 15.6. The Bertz CT molecular complexity index is 674. The van der Waals surface area contributed by atoms with E-state index in [0.29, 0.717) is 18.1 Å². The van der Waals surface area contributed by atoms with E-state index in [-0.39, 0.29) is 24.4 Å². The number of carbonyl (C=O) groups excluding carboxylic acids is 2. The largest absolute Gasteiger partial charge is 0.356 e. The molecule has 3 amide bonds. The maximum atomic E-state index is 12.2. The first-order valence-corrected chi connectivity index (χ1v) is 9.51. The van der Waals surface area contributed by atoms with Gasteiger partial charge in [-0.05, 0) is 46.5 Å². The maximum Gasteiger partial charge on any atom is 0.315 e. The summed E-state index contributed by atoms with van der Waals surface area (Å²) in [5.41, 5.74) is 1.95. The molecule has 1 heterocycles. The summed E-state index contributed by atoms with van der Waals surface area (Å²) in [5, 5.41) is 13.1. The van der Waals surface area contributed by atoms with Gasteiger partial charge in [0.2, 0.25) is 5.91 Å². The van der Waals surface area contributed by atoms with Crippen LogP contribution in [0.5, 0.6) is 0 Å². The fourth-order valence-corrected chi connectivity index (χ4v) is 3.09. The Morgan fingerprint density at radius 1 is 1.08 bits per heavy atom. The van der Waals surface area contributed by atoms with Gasteiger partial charge in [0.1, 0.15) is 0 Å².